The maximum Gasteiger partial charge on any atom is 0.104 e. The molecule has 6 heteroatoms. The second-order valence-corrected chi connectivity index (χ2v) is 5.45. The summed E-state index contributed by atoms with van der Waals surface area (Å²) in [6.45, 7) is 5.47. The fraction of sp³-hybridized carbons (Fsp3) is 1.00. The molecular formula is C15H30O5S. The van der Waals surface area contributed by atoms with Crippen molar-refractivity contribution in [1.82, 2.24) is 0 Å². The van der Waals surface area contributed by atoms with Crippen molar-refractivity contribution in [3.63, 3.8) is 0 Å². The Labute approximate surface area is 134 Å². The predicted octanol–water partition coefficient (Wildman–Crippen LogP) is 1.94. The molecule has 0 bridgehead atoms. The van der Waals surface area contributed by atoms with Crippen molar-refractivity contribution in [1.29, 1.82) is 0 Å². The van der Waals surface area contributed by atoms with Crippen LogP contribution in [0.1, 0.15) is 25.7 Å². The summed E-state index contributed by atoms with van der Waals surface area (Å²) in [5.41, 5.74) is 0. The Kier molecular flexibility index (Phi) is 13.8. The molecule has 1 atom stereocenters. The molecule has 126 valence electrons. The molecule has 1 unspecified atom stereocenters. The van der Waals surface area contributed by atoms with E-state index in [2.05, 4.69) is 12.6 Å². The molecule has 0 aliphatic carbocycles. The number of hydrogen-bond acceptors (Lipinski definition) is 6. The van der Waals surface area contributed by atoms with Gasteiger partial charge in [0.2, 0.25) is 0 Å². The topological polar surface area (TPSA) is 46.2 Å². The minimum atomic E-state index is -0.0227. The number of ether oxygens (including phenoxy) is 5. The van der Waals surface area contributed by atoms with E-state index in [1.165, 1.54) is 19.3 Å². The summed E-state index contributed by atoms with van der Waals surface area (Å²) >= 11 is 4.20. The molecule has 1 aliphatic heterocycles. The van der Waals surface area contributed by atoms with Gasteiger partial charge in [-0.2, -0.15) is 12.6 Å². The number of thiol groups is 1. The highest BCUT2D eigenvalue weighted by Crippen LogP contribution is 2.03. The average molecular weight is 322 g/mol. The number of unbranched alkanes of at least 4 members (excludes halogenated alkanes) is 3. The van der Waals surface area contributed by atoms with Crippen LogP contribution in [0.2, 0.25) is 0 Å². The molecule has 0 N–H and O–H groups in total. The lowest BCUT2D eigenvalue weighted by molar-refractivity contribution is -0.0903. The van der Waals surface area contributed by atoms with Crippen molar-refractivity contribution < 1.29 is 23.7 Å². The van der Waals surface area contributed by atoms with E-state index < -0.39 is 0 Å². The van der Waals surface area contributed by atoms with Crippen molar-refractivity contribution in [3.05, 3.63) is 0 Å². The maximum absolute atomic E-state index is 5.73. The molecule has 0 radical (unpaired) electrons. The maximum atomic E-state index is 5.73. The Morgan fingerprint density at radius 2 is 1.48 bits per heavy atom. The van der Waals surface area contributed by atoms with Crippen molar-refractivity contribution in [2.24, 2.45) is 0 Å². The Morgan fingerprint density at radius 1 is 0.810 bits per heavy atom. The minimum absolute atomic E-state index is 0.0227. The monoisotopic (exact) mass is 322 g/mol. The molecule has 0 aromatic heterocycles. The standard InChI is InChI=1S/C15H30O5S/c21-12-4-2-1-3-5-18-13-15-14-19-9-8-16-6-7-17-10-11-20-15/h15,21H,1-14H2. The summed E-state index contributed by atoms with van der Waals surface area (Å²) in [5, 5.41) is 0. The highest BCUT2D eigenvalue weighted by atomic mass is 32.1. The van der Waals surface area contributed by atoms with Crippen LogP contribution >= 0.6 is 12.6 Å². The van der Waals surface area contributed by atoms with Crippen LogP contribution in [0.4, 0.5) is 0 Å². The molecule has 0 spiro atoms. The second-order valence-electron chi connectivity index (χ2n) is 5.01. The van der Waals surface area contributed by atoms with Crippen LogP contribution in [0, 0.1) is 0 Å². The molecule has 0 aromatic carbocycles. The van der Waals surface area contributed by atoms with Gasteiger partial charge in [0.15, 0.2) is 0 Å². The molecule has 0 amide bonds. The molecule has 0 aromatic rings. The Morgan fingerprint density at radius 3 is 2.24 bits per heavy atom. The van der Waals surface area contributed by atoms with E-state index in [-0.39, 0.29) is 6.10 Å². The lowest BCUT2D eigenvalue weighted by Crippen LogP contribution is -2.29. The van der Waals surface area contributed by atoms with E-state index in [0.717, 1.165) is 18.8 Å². The van der Waals surface area contributed by atoms with Crippen LogP contribution in [-0.2, 0) is 23.7 Å². The van der Waals surface area contributed by atoms with Gasteiger partial charge in [0.05, 0.1) is 52.9 Å². The average Bonchev–Trinajstić information content (AvgIpc) is 2.48. The van der Waals surface area contributed by atoms with Gasteiger partial charge in [0.25, 0.3) is 0 Å². The van der Waals surface area contributed by atoms with Crippen LogP contribution in [0.25, 0.3) is 0 Å². The summed E-state index contributed by atoms with van der Waals surface area (Å²) in [6.07, 6.45) is 4.69. The van der Waals surface area contributed by atoms with E-state index in [1.807, 2.05) is 0 Å². The van der Waals surface area contributed by atoms with E-state index >= 15 is 0 Å². The van der Waals surface area contributed by atoms with E-state index in [4.69, 9.17) is 23.7 Å². The molecular weight excluding hydrogens is 292 g/mol. The Bertz CT molecular complexity index is 206. The minimum Gasteiger partial charge on any atom is -0.379 e. The first kappa shape index (κ1) is 19.2. The molecule has 1 heterocycles. The highest BCUT2D eigenvalue weighted by Gasteiger charge is 2.10. The van der Waals surface area contributed by atoms with Crippen molar-refractivity contribution in [2.45, 2.75) is 31.8 Å². The summed E-state index contributed by atoms with van der Waals surface area (Å²) in [4.78, 5) is 0. The SMILES string of the molecule is SCCCCCCOCC1COCCOCCOCCO1. The van der Waals surface area contributed by atoms with E-state index in [0.29, 0.717) is 52.9 Å². The van der Waals surface area contributed by atoms with Gasteiger partial charge >= 0.3 is 0 Å². The normalized spacial score (nSPS) is 22.4. The van der Waals surface area contributed by atoms with Gasteiger partial charge < -0.3 is 23.7 Å². The van der Waals surface area contributed by atoms with Crippen LogP contribution in [-0.4, -0.2) is 71.3 Å². The van der Waals surface area contributed by atoms with Gasteiger partial charge in [-0.25, -0.2) is 0 Å². The van der Waals surface area contributed by atoms with Gasteiger partial charge in [-0.15, -0.1) is 0 Å². The fourth-order valence-electron chi connectivity index (χ4n) is 1.96. The smallest absolute Gasteiger partial charge is 0.104 e. The molecule has 21 heavy (non-hydrogen) atoms. The third-order valence-corrected chi connectivity index (χ3v) is 3.45. The fourth-order valence-corrected chi connectivity index (χ4v) is 2.18. The van der Waals surface area contributed by atoms with Crippen LogP contribution in [0.3, 0.4) is 0 Å². The molecule has 1 saturated heterocycles. The molecule has 1 fully saturated rings. The van der Waals surface area contributed by atoms with Crippen molar-refractivity contribution in [2.75, 3.05) is 65.2 Å². The van der Waals surface area contributed by atoms with Gasteiger partial charge in [-0.05, 0) is 18.6 Å². The lowest BCUT2D eigenvalue weighted by atomic mass is 10.2. The zero-order valence-electron chi connectivity index (χ0n) is 13.0. The van der Waals surface area contributed by atoms with Gasteiger partial charge in [0, 0.05) is 6.61 Å². The summed E-state index contributed by atoms with van der Waals surface area (Å²) < 4.78 is 27.7. The first-order valence-electron chi connectivity index (χ1n) is 7.97. The van der Waals surface area contributed by atoms with Crippen LogP contribution in [0.15, 0.2) is 0 Å². The van der Waals surface area contributed by atoms with Gasteiger partial charge in [-0.1, -0.05) is 12.8 Å². The number of hydrogen-bond donors (Lipinski definition) is 1. The second kappa shape index (κ2) is 15.1. The predicted molar refractivity (Wildman–Crippen MR) is 85.3 cm³/mol. The first-order chi connectivity index (χ1) is 10.4. The van der Waals surface area contributed by atoms with E-state index in [1.54, 1.807) is 0 Å². The summed E-state index contributed by atoms with van der Waals surface area (Å²) in [7, 11) is 0. The molecule has 5 nitrogen and oxygen atoms in total. The quantitative estimate of drug-likeness (QED) is 0.547. The first-order valence-corrected chi connectivity index (χ1v) is 8.60. The van der Waals surface area contributed by atoms with Crippen LogP contribution < -0.4 is 0 Å². The Hall–Kier alpha value is 0.150. The third kappa shape index (κ3) is 12.4. The summed E-state index contributed by atoms with van der Waals surface area (Å²) in [6, 6.07) is 0. The zero-order valence-corrected chi connectivity index (χ0v) is 13.9. The van der Waals surface area contributed by atoms with Gasteiger partial charge in [0.1, 0.15) is 6.10 Å². The van der Waals surface area contributed by atoms with Gasteiger partial charge in [-0.3, -0.25) is 0 Å². The zero-order chi connectivity index (χ0) is 15.0. The largest absolute Gasteiger partial charge is 0.379 e. The lowest BCUT2D eigenvalue weighted by Gasteiger charge is -2.19. The Balaban J connectivity index is 2.05. The van der Waals surface area contributed by atoms with Crippen molar-refractivity contribution in [3.8, 4) is 0 Å². The van der Waals surface area contributed by atoms with Crippen LogP contribution in [0.5, 0.6) is 0 Å². The molecule has 1 rings (SSSR count). The molecule has 1 aliphatic rings. The number of rotatable bonds is 8. The summed E-state index contributed by atoms with van der Waals surface area (Å²) in [5.74, 6) is 0.972. The highest BCUT2D eigenvalue weighted by molar-refractivity contribution is 7.80. The van der Waals surface area contributed by atoms with E-state index in [9.17, 15) is 0 Å². The van der Waals surface area contributed by atoms with Crippen molar-refractivity contribution >= 4 is 12.6 Å². The molecule has 0 saturated carbocycles. The third-order valence-electron chi connectivity index (χ3n) is 3.13.